The van der Waals surface area contributed by atoms with E-state index in [2.05, 4.69) is 22.2 Å². The maximum Gasteiger partial charge on any atom is 0.184 e. The first-order chi connectivity index (χ1) is 7.25. The largest absolute Gasteiger partial charge is 0.355 e. The zero-order valence-electron chi connectivity index (χ0n) is 8.14. The fourth-order valence-corrected chi connectivity index (χ4v) is 2.17. The molecule has 2 aromatic rings. The van der Waals surface area contributed by atoms with Crippen LogP contribution >= 0.6 is 22.9 Å². The Hall–Kier alpha value is -1.13. The van der Waals surface area contributed by atoms with E-state index in [9.17, 15) is 0 Å². The number of rotatable bonds is 3. The molecule has 0 bridgehead atoms. The Morgan fingerprint density at radius 2 is 2.13 bits per heavy atom. The molecule has 3 nitrogen and oxygen atoms in total. The van der Waals surface area contributed by atoms with Crippen LogP contribution in [-0.2, 0) is 0 Å². The average molecular weight is 240 g/mol. The third kappa shape index (κ3) is 2.67. The molecule has 2 aromatic heterocycles. The SMILES string of the molecule is CC(Nc1nc(Cl)cs1)c1ccncc1. The molecule has 78 valence electrons. The predicted octanol–water partition coefficient (Wildman–Crippen LogP) is 3.36. The van der Waals surface area contributed by atoms with Crippen molar-refractivity contribution in [1.82, 2.24) is 9.97 Å². The lowest BCUT2D eigenvalue weighted by Crippen LogP contribution is -2.06. The smallest absolute Gasteiger partial charge is 0.184 e. The fraction of sp³-hybridized carbons (Fsp3) is 0.200. The Balaban J connectivity index is 2.07. The second-order valence-electron chi connectivity index (χ2n) is 3.12. The average Bonchev–Trinajstić information content (AvgIpc) is 2.65. The number of anilines is 1. The van der Waals surface area contributed by atoms with Gasteiger partial charge in [0.05, 0.1) is 6.04 Å². The molecule has 0 fully saturated rings. The number of hydrogen-bond donors (Lipinski definition) is 1. The van der Waals surface area contributed by atoms with E-state index in [1.54, 1.807) is 12.4 Å². The second kappa shape index (κ2) is 4.59. The quantitative estimate of drug-likeness (QED) is 0.893. The zero-order chi connectivity index (χ0) is 10.7. The van der Waals surface area contributed by atoms with Crippen LogP contribution in [0.5, 0.6) is 0 Å². The number of thiazole rings is 1. The van der Waals surface area contributed by atoms with Gasteiger partial charge in [0.1, 0.15) is 5.15 Å². The molecular weight excluding hydrogens is 230 g/mol. The standard InChI is InChI=1S/C10H10ClN3S/c1-7(8-2-4-12-5-3-8)13-10-14-9(11)6-15-10/h2-7H,1H3,(H,13,14). The Morgan fingerprint density at radius 1 is 1.40 bits per heavy atom. The van der Waals surface area contributed by atoms with Crippen molar-refractivity contribution in [2.75, 3.05) is 5.32 Å². The van der Waals surface area contributed by atoms with E-state index < -0.39 is 0 Å². The molecule has 0 aliphatic carbocycles. The van der Waals surface area contributed by atoms with Gasteiger partial charge in [0, 0.05) is 17.8 Å². The van der Waals surface area contributed by atoms with Gasteiger partial charge < -0.3 is 5.32 Å². The van der Waals surface area contributed by atoms with Gasteiger partial charge in [0.25, 0.3) is 0 Å². The number of hydrogen-bond acceptors (Lipinski definition) is 4. The van der Waals surface area contributed by atoms with Crippen LogP contribution in [0.4, 0.5) is 5.13 Å². The van der Waals surface area contributed by atoms with Crippen molar-refractivity contribution in [2.24, 2.45) is 0 Å². The first-order valence-electron chi connectivity index (χ1n) is 4.53. The molecule has 0 aromatic carbocycles. The summed E-state index contributed by atoms with van der Waals surface area (Å²) >= 11 is 7.24. The fourth-order valence-electron chi connectivity index (χ4n) is 1.24. The molecule has 1 atom stereocenters. The molecule has 0 spiro atoms. The summed E-state index contributed by atoms with van der Waals surface area (Å²) in [5.41, 5.74) is 1.18. The topological polar surface area (TPSA) is 37.8 Å². The van der Waals surface area contributed by atoms with Crippen LogP contribution in [-0.4, -0.2) is 9.97 Å². The highest BCUT2D eigenvalue weighted by atomic mass is 35.5. The number of halogens is 1. The first-order valence-corrected chi connectivity index (χ1v) is 5.79. The summed E-state index contributed by atoms with van der Waals surface area (Å²) in [6.07, 6.45) is 3.56. The van der Waals surface area contributed by atoms with Crippen LogP contribution in [0.25, 0.3) is 0 Å². The zero-order valence-corrected chi connectivity index (χ0v) is 9.72. The lowest BCUT2D eigenvalue weighted by atomic mass is 10.1. The van der Waals surface area contributed by atoms with Gasteiger partial charge in [-0.15, -0.1) is 11.3 Å². The van der Waals surface area contributed by atoms with Crippen LogP contribution in [0.15, 0.2) is 29.9 Å². The molecular formula is C10H10ClN3S. The predicted molar refractivity (Wildman–Crippen MR) is 63.4 cm³/mol. The van der Waals surface area contributed by atoms with Crippen LogP contribution in [0.1, 0.15) is 18.5 Å². The third-order valence-corrected chi connectivity index (χ3v) is 3.12. The second-order valence-corrected chi connectivity index (χ2v) is 4.37. The monoisotopic (exact) mass is 239 g/mol. The molecule has 0 saturated heterocycles. The maximum absolute atomic E-state index is 5.74. The van der Waals surface area contributed by atoms with Gasteiger partial charge in [-0.05, 0) is 24.6 Å². The molecule has 2 heterocycles. The molecule has 0 aliphatic rings. The van der Waals surface area contributed by atoms with Crippen molar-refractivity contribution in [2.45, 2.75) is 13.0 Å². The van der Waals surface area contributed by atoms with Crippen molar-refractivity contribution in [3.8, 4) is 0 Å². The van der Waals surface area contributed by atoms with Crippen LogP contribution in [0, 0.1) is 0 Å². The highest BCUT2D eigenvalue weighted by Gasteiger charge is 2.06. The minimum Gasteiger partial charge on any atom is -0.355 e. The van der Waals surface area contributed by atoms with Gasteiger partial charge >= 0.3 is 0 Å². The Morgan fingerprint density at radius 3 is 2.73 bits per heavy atom. The van der Waals surface area contributed by atoms with Crippen LogP contribution in [0.3, 0.4) is 0 Å². The molecule has 2 rings (SSSR count). The Bertz CT molecular complexity index is 429. The van der Waals surface area contributed by atoms with E-state index in [4.69, 9.17) is 11.6 Å². The number of pyridine rings is 1. The summed E-state index contributed by atoms with van der Waals surface area (Å²) in [7, 11) is 0. The van der Waals surface area contributed by atoms with Crippen LogP contribution < -0.4 is 5.32 Å². The highest BCUT2D eigenvalue weighted by Crippen LogP contribution is 2.23. The van der Waals surface area contributed by atoms with Gasteiger partial charge in [-0.25, -0.2) is 4.98 Å². The molecule has 0 amide bonds. The van der Waals surface area contributed by atoms with Crippen molar-refractivity contribution < 1.29 is 0 Å². The van der Waals surface area contributed by atoms with E-state index in [0.717, 1.165) is 5.13 Å². The molecule has 15 heavy (non-hydrogen) atoms. The van der Waals surface area contributed by atoms with E-state index >= 15 is 0 Å². The van der Waals surface area contributed by atoms with Crippen molar-refractivity contribution in [1.29, 1.82) is 0 Å². The molecule has 5 heteroatoms. The minimum absolute atomic E-state index is 0.204. The molecule has 1 N–H and O–H groups in total. The summed E-state index contributed by atoms with van der Waals surface area (Å²) in [4.78, 5) is 8.11. The lowest BCUT2D eigenvalue weighted by molar-refractivity contribution is 0.878. The van der Waals surface area contributed by atoms with E-state index in [0.29, 0.717) is 5.15 Å². The Kier molecular flexibility index (Phi) is 3.18. The van der Waals surface area contributed by atoms with Gasteiger partial charge in [-0.1, -0.05) is 11.6 Å². The normalized spacial score (nSPS) is 12.4. The summed E-state index contributed by atoms with van der Waals surface area (Å²) in [6, 6.07) is 4.16. The third-order valence-electron chi connectivity index (χ3n) is 2.02. The van der Waals surface area contributed by atoms with E-state index in [1.807, 2.05) is 17.5 Å². The summed E-state index contributed by atoms with van der Waals surface area (Å²) < 4.78 is 0. The molecule has 0 aliphatic heterocycles. The molecule has 1 unspecified atom stereocenters. The van der Waals surface area contributed by atoms with Gasteiger partial charge in [0.2, 0.25) is 0 Å². The highest BCUT2D eigenvalue weighted by molar-refractivity contribution is 7.14. The minimum atomic E-state index is 0.204. The number of aromatic nitrogens is 2. The van der Waals surface area contributed by atoms with E-state index in [-0.39, 0.29) is 6.04 Å². The lowest BCUT2D eigenvalue weighted by Gasteiger charge is -2.12. The van der Waals surface area contributed by atoms with Crippen molar-refractivity contribution in [3.05, 3.63) is 40.6 Å². The summed E-state index contributed by atoms with van der Waals surface area (Å²) in [5.74, 6) is 0. The molecule has 0 radical (unpaired) electrons. The van der Waals surface area contributed by atoms with E-state index in [1.165, 1.54) is 16.9 Å². The Labute approximate surface area is 97.2 Å². The summed E-state index contributed by atoms with van der Waals surface area (Å²) in [6.45, 7) is 2.07. The van der Waals surface area contributed by atoms with Crippen molar-refractivity contribution in [3.63, 3.8) is 0 Å². The van der Waals surface area contributed by atoms with Gasteiger partial charge in [0.15, 0.2) is 5.13 Å². The maximum atomic E-state index is 5.74. The summed E-state index contributed by atoms with van der Waals surface area (Å²) in [5, 5.41) is 6.45. The van der Waals surface area contributed by atoms with Gasteiger partial charge in [-0.3, -0.25) is 4.98 Å². The molecule has 0 saturated carbocycles. The van der Waals surface area contributed by atoms with Crippen LogP contribution in [0.2, 0.25) is 5.15 Å². The number of nitrogens with zero attached hydrogens (tertiary/aromatic N) is 2. The van der Waals surface area contributed by atoms with Crippen molar-refractivity contribution >= 4 is 28.1 Å². The number of nitrogens with one attached hydrogen (secondary N) is 1. The first kappa shape index (κ1) is 10.4. The van der Waals surface area contributed by atoms with Gasteiger partial charge in [-0.2, -0.15) is 0 Å².